The maximum Gasteiger partial charge on any atom is 0.324 e. The zero-order valence-electron chi connectivity index (χ0n) is 16.4. The van der Waals surface area contributed by atoms with Crippen LogP contribution in [0.2, 0.25) is 0 Å². The van der Waals surface area contributed by atoms with Crippen LogP contribution in [0.1, 0.15) is 25.3 Å². The highest BCUT2D eigenvalue weighted by Crippen LogP contribution is 2.30. The minimum Gasteiger partial charge on any atom is -0.486 e. The molecule has 0 saturated carbocycles. The molecule has 8 heteroatoms. The lowest BCUT2D eigenvalue weighted by molar-refractivity contribution is -0.144. The first-order valence-corrected chi connectivity index (χ1v) is 10.9. The molecule has 0 N–H and O–H groups in total. The summed E-state index contributed by atoms with van der Waals surface area (Å²) < 4.78 is 51.8. The molecule has 6 nitrogen and oxygen atoms in total. The summed E-state index contributed by atoms with van der Waals surface area (Å²) in [7, 11) is -2.75. The molecule has 2 aromatic rings. The predicted octanol–water partition coefficient (Wildman–Crippen LogP) is 3.16. The molecule has 1 aliphatic heterocycles. The van der Waals surface area contributed by atoms with Gasteiger partial charge in [0, 0.05) is 6.42 Å². The Kier molecular flexibility index (Phi) is 6.54. The second kappa shape index (κ2) is 8.92. The van der Waals surface area contributed by atoms with Gasteiger partial charge >= 0.3 is 5.97 Å². The monoisotopic (exact) mass is 421 g/mol. The average Bonchev–Trinajstić information content (AvgIpc) is 3.15. The number of esters is 1. The Morgan fingerprint density at radius 3 is 2.48 bits per heavy atom. The highest BCUT2D eigenvalue weighted by Gasteiger charge is 2.45. The zero-order valence-corrected chi connectivity index (χ0v) is 17.2. The van der Waals surface area contributed by atoms with Crippen LogP contribution < -0.4 is 4.74 Å². The van der Waals surface area contributed by atoms with Gasteiger partial charge in [-0.25, -0.2) is 12.8 Å². The Labute approximate surface area is 170 Å². The van der Waals surface area contributed by atoms with E-state index in [1.54, 1.807) is 30.3 Å². The fourth-order valence-electron chi connectivity index (χ4n) is 3.44. The van der Waals surface area contributed by atoms with Crippen molar-refractivity contribution in [1.82, 2.24) is 4.31 Å². The van der Waals surface area contributed by atoms with Gasteiger partial charge in [0.25, 0.3) is 0 Å². The lowest BCUT2D eigenvalue weighted by Crippen LogP contribution is -2.41. The number of halogens is 1. The summed E-state index contributed by atoms with van der Waals surface area (Å²) in [6.07, 6.45) is 1.21. The van der Waals surface area contributed by atoms with Crippen LogP contribution in [0.3, 0.4) is 0 Å². The minimum atomic E-state index is -3.95. The molecular weight excluding hydrogens is 397 g/mol. The maximum absolute atomic E-state index is 13.9. The molecule has 1 fully saturated rings. The van der Waals surface area contributed by atoms with Crippen molar-refractivity contribution in [3.63, 3.8) is 0 Å². The number of hydrogen-bond acceptors (Lipinski definition) is 5. The molecule has 0 amide bonds. The van der Waals surface area contributed by atoms with Crippen molar-refractivity contribution in [1.29, 1.82) is 0 Å². The largest absolute Gasteiger partial charge is 0.486 e. The standard InChI is InChI=1S/C21H24FNO5S/c1-3-6-15-9-11-17(12-10-15)29(25,26)23-14-16(13-19(23)21(24)27-2)28-20-8-5-4-7-18(20)22/h4-5,7-12,16,19H,3,6,13-14H2,1-2H3. The van der Waals surface area contributed by atoms with Gasteiger partial charge in [0.1, 0.15) is 12.1 Å². The van der Waals surface area contributed by atoms with E-state index >= 15 is 0 Å². The summed E-state index contributed by atoms with van der Waals surface area (Å²) in [6.45, 7) is 1.97. The third-order valence-corrected chi connectivity index (χ3v) is 6.78. The number of sulfonamides is 1. The van der Waals surface area contributed by atoms with E-state index in [0.29, 0.717) is 0 Å². The molecule has 2 atom stereocenters. The molecule has 1 heterocycles. The second-order valence-electron chi connectivity index (χ2n) is 6.91. The summed E-state index contributed by atoms with van der Waals surface area (Å²) in [5.41, 5.74) is 1.04. The van der Waals surface area contributed by atoms with Crippen molar-refractivity contribution in [3.05, 3.63) is 59.9 Å². The van der Waals surface area contributed by atoms with E-state index in [1.165, 1.54) is 25.3 Å². The summed E-state index contributed by atoms with van der Waals surface area (Å²) in [5.74, 6) is -1.20. The van der Waals surface area contributed by atoms with Crippen molar-refractivity contribution >= 4 is 16.0 Å². The zero-order chi connectivity index (χ0) is 21.0. The summed E-state index contributed by atoms with van der Waals surface area (Å²) in [5, 5.41) is 0. The van der Waals surface area contributed by atoms with Crippen LogP contribution in [0, 0.1) is 5.82 Å². The number of nitrogens with zero attached hydrogens (tertiary/aromatic N) is 1. The Morgan fingerprint density at radius 2 is 1.86 bits per heavy atom. The molecule has 0 radical (unpaired) electrons. The van der Waals surface area contributed by atoms with Crippen molar-refractivity contribution < 1.29 is 27.1 Å². The minimum absolute atomic E-state index is 0.0179. The Hall–Kier alpha value is -2.45. The van der Waals surface area contributed by atoms with Crippen LogP contribution in [0.25, 0.3) is 0 Å². The van der Waals surface area contributed by atoms with Gasteiger partial charge in [-0.05, 0) is 36.2 Å². The molecule has 2 unspecified atom stereocenters. The lowest BCUT2D eigenvalue weighted by Gasteiger charge is -2.22. The fraction of sp³-hybridized carbons (Fsp3) is 0.381. The molecule has 29 heavy (non-hydrogen) atoms. The van der Waals surface area contributed by atoms with E-state index in [9.17, 15) is 17.6 Å². The predicted molar refractivity (Wildman–Crippen MR) is 106 cm³/mol. The van der Waals surface area contributed by atoms with Crippen LogP contribution >= 0.6 is 0 Å². The van der Waals surface area contributed by atoms with Gasteiger partial charge in [-0.3, -0.25) is 4.79 Å². The number of aryl methyl sites for hydroxylation is 1. The van der Waals surface area contributed by atoms with E-state index < -0.39 is 34.0 Å². The topological polar surface area (TPSA) is 72.9 Å². The third-order valence-electron chi connectivity index (χ3n) is 4.89. The molecule has 0 spiro atoms. The molecular formula is C21H24FNO5S. The molecule has 0 aliphatic carbocycles. The van der Waals surface area contributed by atoms with Gasteiger partial charge in [-0.2, -0.15) is 4.31 Å². The molecule has 1 aliphatic rings. The van der Waals surface area contributed by atoms with Gasteiger partial charge in [-0.15, -0.1) is 0 Å². The number of carbonyl (C=O) groups is 1. The number of hydrogen-bond donors (Lipinski definition) is 0. The first kappa shape index (κ1) is 21.3. The van der Waals surface area contributed by atoms with Gasteiger partial charge in [0.15, 0.2) is 11.6 Å². The molecule has 1 saturated heterocycles. The van der Waals surface area contributed by atoms with Crippen molar-refractivity contribution in [2.75, 3.05) is 13.7 Å². The number of carbonyl (C=O) groups excluding carboxylic acids is 1. The third kappa shape index (κ3) is 4.59. The molecule has 156 valence electrons. The Bertz CT molecular complexity index is 961. The summed E-state index contributed by atoms with van der Waals surface area (Å²) in [4.78, 5) is 12.3. The number of rotatable bonds is 7. The number of ether oxygens (including phenoxy) is 2. The van der Waals surface area contributed by atoms with E-state index in [-0.39, 0.29) is 23.6 Å². The van der Waals surface area contributed by atoms with E-state index in [2.05, 4.69) is 0 Å². The van der Waals surface area contributed by atoms with Crippen LogP contribution in [0.5, 0.6) is 5.75 Å². The smallest absolute Gasteiger partial charge is 0.324 e. The molecule has 3 rings (SSSR count). The van der Waals surface area contributed by atoms with E-state index in [0.717, 1.165) is 22.7 Å². The van der Waals surface area contributed by atoms with Crippen LogP contribution in [-0.4, -0.2) is 44.5 Å². The summed E-state index contributed by atoms with van der Waals surface area (Å²) in [6, 6.07) is 11.5. The number of methoxy groups -OCH3 is 1. The van der Waals surface area contributed by atoms with Gasteiger partial charge in [-0.1, -0.05) is 37.6 Å². The van der Waals surface area contributed by atoms with Crippen LogP contribution in [-0.2, 0) is 26.0 Å². The highest BCUT2D eigenvalue weighted by molar-refractivity contribution is 7.89. The van der Waals surface area contributed by atoms with Crippen LogP contribution in [0.4, 0.5) is 4.39 Å². The Balaban J connectivity index is 1.86. The number of para-hydroxylation sites is 1. The second-order valence-corrected chi connectivity index (χ2v) is 8.80. The van der Waals surface area contributed by atoms with Crippen LogP contribution in [0.15, 0.2) is 53.4 Å². The Morgan fingerprint density at radius 1 is 1.17 bits per heavy atom. The quantitative estimate of drug-likeness (QED) is 0.642. The van der Waals surface area contributed by atoms with E-state index in [4.69, 9.17) is 9.47 Å². The molecule has 2 aromatic carbocycles. The van der Waals surface area contributed by atoms with Gasteiger partial charge in [0.05, 0.1) is 18.6 Å². The first-order valence-electron chi connectivity index (χ1n) is 9.46. The molecule has 0 bridgehead atoms. The summed E-state index contributed by atoms with van der Waals surface area (Å²) >= 11 is 0. The van der Waals surface area contributed by atoms with E-state index in [1.807, 2.05) is 6.92 Å². The normalized spacial score (nSPS) is 19.8. The van der Waals surface area contributed by atoms with Crippen molar-refractivity contribution in [2.45, 2.75) is 43.2 Å². The van der Waals surface area contributed by atoms with Crippen molar-refractivity contribution in [2.24, 2.45) is 0 Å². The highest BCUT2D eigenvalue weighted by atomic mass is 32.2. The van der Waals surface area contributed by atoms with Crippen molar-refractivity contribution in [3.8, 4) is 5.75 Å². The van der Waals surface area contributed by atoms with Gasteiger partial charge < -0.3 is 9.47 Å². The average molecular weight is 421 g/mol. The molecule has 0 aromatic heterocycles. The lowest BCUT2D eigenvalue weighted by atomic mass is 10.1. The fourth-order valence-corrected chi connectivity index (χ4v) is 5.06. The van der Waals surface area contributed by atoms with Gasteiger partial charge in [0.2, 0.25) is 10.0 Å². The first-order chi connectivity index (χ1) is 13.9. The number of benzene rings is 2. The SMILES string of the molecule is CCCc1ccc(S(=O)(=O)N2CC(Oc3ccccc3F)CC2C(=O)OC)cc1. The maximum atomic E-state index is 13.9.